The number of aromatic nitrogens is 2. The maximum absolute atomic E-state index is 13.0. The van der Waals surface area contributed by atoms with Crippen molar-refractivity contribution >= 4 is 17.4 Å². The Morgan fingerprint density at radius 3 is 2.50 bits per heavy atom. The fraction of sp³-hybridized carbons (Fsp3) is 0.524. The largest absolute Gasteiger partial charge is 0.392 e. The average molecular weight is 406 g/mol. The maximum Gasteiger partial charge on any atom is 0.143 e. The van der Waals surface area contributed by atoms with Gasteiger partial charge in [-0.15, -0.1) is 0 Å². The van der Waals surface area contributed by atoms with Crippen molar-refractivity contribution < 1.29 is 14.7 Å². The Kier molecular flexibility index (Phi) is 6.88. The lowest BCUT2D eigenvalue weighted by Crippen LogP contribution is -2.33. The summed E-state index contributed by atoms with van der Waals surface area (Å²) in [6.45, 7) is 5.46. The molecule has 2 atom stereocenters. The van der Waals surface area contributed by atoms with Crippen LogP contribution in [0, 0.1) is 13.8 Å². The Balaban J connectivity index is 1.92. The van der Waals surface area contributed by atoms with Gasteiger partial charge >= 0.3 is 0 Å². The fourth-order valence-corrected chi connectivity index (χ4v) is 4.24. The van der Waals surface area contributed by atoms with Gasteiger partial charge in [0.1, 0.15) is 5.78 Å². The van der Waals surface area contributed by atoms with Crippen LogP contribution in [0.3, 0.4) is 0 Å². The van der Waals surface area contributed by atoms with Gasteiger partial charge in [0.25, 0.3) is 0 Å². The summed E-state index contributed by atoms with van der Waals surface area (Å²) in [6.07, 6.45) is 5.13. The lowest BCUT2D eigenvalue weighted by molar-refractivity contribution is -0.138. The molecule has 3 rings (SSSR count). The van der Waals surface area contributed by atoms with Gasteiger partial charge in [0.15, 0.2) is 0 Å². The standard InChI is InChI=1S/C21H28ClN3O3/c1-14-10-17(25-13-16(22)12-23-25)11-15(2)20(14)21-18(26)6-4-8-24(28-3)9-5-7-19(21)27/h10-13,18,21,26H,4-9H2,1-3H3. The first-order valence-electron chi connectivity index (χ1n) is 9.72. The molecule has 6 nitrogen and oxygen atoms in total. The highest BCUT2D eigenvalue weighted by atomic mass is 35.5. The molecule has 28 heavy (non-hydrogen) atoms. The maximum atomic E-state index is 13.0. The number of nitrogens with zero attached hydrogens (tertiary/aromatic N) is 3. The molecule has 1 saturated heterocycles. The highest BCUT2D eigenvalue weighted by molar-refractivity contribution is 6.30. The first kappa shape index (κ1) is 21.0. The zero-order chi connectivity index (χ0) is 20.3. The first-order chi connectivity index (χ1) is 13.4. The van der Waals surface area contributed by atoms with Gasteiger partial charge in [0, 0.05) is 25.7 Å². The molecule has 0 saturated carbocycles. The minimum atomic E-state index is -0.702. The molecule has 0 aliphatic carbocycles. The predicted octanol–water partition coefficient (Wildman–Crippen LogP) is 3.59. The summed E-state index contributed by atoms with van der Waals surface area (Å²) in [5.41, 5.74) is 3.79. The molecular weight excluding hydrogens is 378 g/mol. The van der Waals surface area contributed by atoms with Crippen LogP contribution in [-0.4, -0.2) is 52.0 Å². The second-order valence-electron chi connectivity index (χ2n) is 7.47. The lowest BCUT2D eigenvalue weighted by atomic mass is 9.80. The summed E-state index contributed by atoms with van der Waals surface area (Å²) in [6, 6.07) is 3.99. The highest BCUT2D eigenvalue weighted by Gasteiger charge is 2.31. The number of rotatable bonds is 3. The second kappa shape index (κ2) is 9.18. The number of aliphatic hydroxyl groups is 1. The third-order valence-corrected chi connectivity index (χ3v) is 5.63. The number of ketones is 1. The molecule has 2 aromatic rings. The topological polar surface area (TPSA) is 67.6 Å². The number of hydrogen-bond acceptors (Lipinski definition) is 5. The summed E-state index contributed by atoms with van der Waals surface area (Å²) in [5, 5.41) is 17.6. The van der Waals surface area contributed by atoms with Gasteiger partial charge in [-0.05, 0) is 61.9 Å². The van der Waals surface area contributed by atoms with Crippen LogP contribution in [0.2, 0.25) is 5.02 Å². The van der Waals surface area contributed by atoms with Gasteiger partial charge in [-0.25, -0.2) is 4.68 Å². The van der Waals surface area contributed by atoms with E-state index in [-0.39, 0.29) is 5.78 Å². The Morgan fingerprint density at radius 2 is 1.89 bits per heavy atom. The zero-order valence-electron chi connectivity index (χ0n) is 16.7. The van der Waals surface area contributed by atoms with Crippen molar-refractivity contribution in [2.75, 3.05) is 20.2 Å². The van der Waals surface area contributed by atoms with E-state index >= 15 is 0 Å². The minimum Gasteiger partial charge on any atom is -0.392 e. The molecule has 1 aliphatic rings. The van der Waals surface area contributed by atoms with Gasteiger partial charge in [-0.2, -0.15) is 10.2 Å². The Hall–Kier alpha value is -1.73. The van der Waals surface area contributed by atoms with Crippen LogP contribution in [-0.2, 0) is 9.63 Å². The van der Waals surface area contributed by atoms with E-state index in [0.29, 0.717) is 17.9 Å². The quantitative estimate of drug-likeness (QED) is 0.845. The van der Waals surface area contributed by atoms with E-state index in [1.807, 2.05) is 31.0 Å². The number of carbonyl (C=O) groups is 1. The number of aryl methyl sites for hydroxylation is 2. The lowest BCUT2D eigenvalue weighted by Gasteiger charge is -2.29. The molecule has 1 aromatic heterocycles. The van der Waals surface area contributed by atoms with Gasteiger partial charge in [0.05, 0.1) is 36.0 Å². The number of hydroxylamine groups is 2. The Morgan fingerprint density at radius 1 is 1.21 bits per heavy atom. The molecule has 152 valence electrons. The number of benzene rings is 1. The molecule has 0 radical (unpaired) electrons. The van der Waals surface area contributed by atoms with Gasteiger partial charge in [0.2, 0.25) is 0 Å². The smallest absolute Gasteiger partial charge is 0.143 e. The molecule has 0 amide bonds. The molecule has 0 bridgehead atoms. The molecular formula is C21H28ClN3O3. The zero-order valence-corrected chi connectivity index (χ0v) is 17.4. The van der Waals surface area contributed by atoms with Crippen LogP contribution in [0.4, 0.5) is 0 Å². The molecule has 2 unspecified atom stereocenters. The van der Waals surface area contributed by atoms with E-state index in [2.05, 4.69) is 5.10 Å². The number of hydrogen-bond donors (Lipinski definition) is 1. The van der Waals surface area contributed by atoms with E-state index in [0.717, 1.165) is 48.3 Å². The van der Waals surface area contributed by atoms with Gasteiger partial charge in [-0.3, -0.25) is 4.79 Å². The number of Topliss-reactive ketones (excluding diaryl/α,β-unsaturated/α-hetero) is 1. The summed E-state index contributed by atoms with van der Waals surface area (Å²) >= 11 is 5.99. The Bertz CT molecular complexity index is 813. The van der Waals surface area contributed by atoms with Crippen LogP contribution in [0.15, 0.2) is 24.5 Å². The second-order valence-corrected chi connectivity index (χ2v) is 7.90. The average Bonchev–Trinajstić information content (AvgIpc) is 3.08. The summed E-state index contributed by atoms with van der Waals surface area (Å²) < 4.78 is 1.72. The van der Waals surface area contributed by atoms with E-state index in [1.54, 1.807) is 24.2 Å². The molecule has 0 spiro atoms. The molecule has 7 heteroatoms. The van der Waals surface area contributed by atoms with E-state index in [1.165, 1.54) is 0 Å². The van der Waals surface area contributed by atoms with Crippen molar-refractivity contribution in [2.45, 2.75) is 51.6 Å². The van der Waals surface area contributed by atoms with Gasteiger partial charge < -0.3 is 9.94 Å². The summed E-state index contributed by atoms with van der Waals surface area (Å²) in [5.74, 6) is -0.407. The Labute approximate surface area is 171 Å². The molecule has 2 heterocycles. The van der Waals surface area contributed by atoms with Crippen molar-refractivity contribution in [3.05, 3.63) is 46.2 Å². The monoisotopic (exact) mass is 405 g/mol. The normalized spacial score (nSPS) is 22.4. The van der Waals surface area contributed by atoms with Crippen molar-refractivity contribution in [1.82, 2.24) is 14.8 Å². The van der Waals surface area contributed by atoms with Crippen LogP contribution < -0.4 is 0 Å². The summed E-state index contributed by atoms with van der Waals surface area (Å²) in [7, 11) is 1.65. The van der Waals surface area contributed by atoms with Crippen molar-refractivity contribution in [3.63, 3.8) is 0 Å². The van der Waals surface area contributed by atoms with Crippen molar-refractivity contribution in [3.8, 4) is 5.69 Å². The SMILES string of the molecule is CON1CCCC(=O)C(c2c(C)cc(-n3cc(Cl)cn3)cc2C)C(O)CCC1. The third-order valence-electron chi connectivity index (χ3n) is 5.43. The highest BCUT2D eigenvalue weighted by Crippen LogP contribution is 2.33. The number of halogens is 1. The molecule has 1 aromatic carbocycles. The van der Waals surface area contributed by atoms with E-state index in [9.17, 15) is 9.90 Å². The van der Waals surface area contributed by atoms with Crippen molar-refractivity contribution in [2.24, 2.45) is 0 Å². The van der Waals surface area contributed by atoms with Gasteiger partial charge in [-0.1, -0.05) is 11.6 Å². The van der Waals surface area contributed by atoms with Crippen LogP contribution in [0.5, 0.6) is 0 Å². The number of carbonyl (C=O) groups excluding carboxylic acids is 1. The number of aliphatic hydroxyl groups excluding tert-OH is 1. The van der Waals surface area contributed by atoms with E-state index in [4.69, 9.17) is 16.4 Å². The van der Waals surface area contributed by atoms with E-state index < -0.39 is 12.0 Å². The molecule has 1 aliphatic heterocycles. The third kappa shape index (κ3) is 4.63. The summed E-state index contributed by atoms with van der Waals surface area (Å²) in [4.78, 5) is 18.4. The predicted molar refractivity (Wildman–Crippen MR) is 109 cm³/mol. The first-order valence-corrected chi connectivity index (χ1v) is 10.1. The van der Waals surface area contributed by atoms with Crippen LogP contribution in [0.1, 0.15) is 48.3 Å². The van der Waals surface area contributed by atoms with Crippen LogP contribution in [0.25, 0.3) is 5.69 Å². The fourth-order valence-electron chi connectivity index (χ4n) is 4.11. The molecule has 1 N–H and O–H groups in total. The minimum absolute atomic E-state index is 0.0894. The van der Waals surface area contributed by atoms with Crippen LogP contribution >= 0.6 is 11.6 Å². The van der Waals surface area contributed by atoms with Crippen molar-refractivity contribution in [1.29, 1.82) is 0 Å². The molecule has 1 fully saturated rings.